The largest absolute Gasteiger partial charge is 0.397 e. The van der Waals surface area contributed by atoms with Gasteiger partial charge in [-0.05, 0) is 31.5 Å². The fourth-order valence-corrected chi connectivity index (χ4v) is 1.88. The molecule has 5 heteroatoms. The van der Waals surface area contributed by atoms with Gasteiger partial charge in [-0.3, -0.25) is 4.98 Å². The normalized spacial score (nSPS) is 10.4. The van der Waals surface area contributed by atoms with E-state index < -0.39 is 0 Å². The van der Waals surface area contributed by atoms with E-state index in [-0.39, 0.29) is 0 Å². The summed E-state index contributed by atoms with van der Waals surface area (Å²) in [4.78, 5) is 8.57. The van der Waals surface area contributed by atoms with Gasteiger partial charge in [0, 0.05) is 22.5 Å². The summed E-state index contributed by atoms with van der Waals surface area (Å²) in [6.07, 6.45) is 2.24. The lowest BCUT2D eigenvalue weighted by Gasteiger charge is -2.09. The number of hydrogen-bond acceptors (Lipinski definition) is 5. The number of aryl methyl sites for hydroxylation is 1. The van der Waals surface area contributed by atoms with Crippen molar-refractivity contribution in [1.82, 2.24) is 9.97 Å². The third-order valence-electron chi connectivity index (χ3n) is 2.99. The summed E-state index contributed by atoms with van der Waals surface area (Å²) in [6.45, 7) is 3.82. The highest BCUT2D eigenvalue weighted by Gasteiger charge is 2.10. The monoisotopic (exact) mass is 255 g/mol. The topological polar surface area (TPSA) is 102 Å². The zero-order chi connectivity index (χ0) is 14.0. The lowest BCUT2D eigenvalue weighted by Crippen LogP contribution is -2.05. The molecule has 0 saturated carbocycles. The van der Waals surface area contributed by atoms with Gasteiger partial charge in [-0.25, -0.2) is 4.98 Å². The van der Waals surface area contributed by atoms with E-state index in [4.69, 9.17) is 16.9 Å². The number of aromatic nitrogens is 2. The maximum absolute atomic E-state index is 7.82. The molecule has 98 valence electrons. The number of nitrogens with two attached hydrogens (primary N) is 2. The Morgan fingerprint density at radius 2 is 2.05 bits per heavy atom. The Morgan fingerprint density at radius 1 is 1.32 bits per heavy atom. The molecule has 0 bridgehead atoms. The van der Waals surface area contributed by atoms with E-state index in [2.05, 4.69) is 9.97 Å². The van der Waals surface area contributed by atoms with Gasteiger partial charge in [0.1, 0.15) is 5.82 Å². The van der Waals surface area contributed by atoms with Crippen molar-refractivity contribution in [2.24, 2.45) is 0 Å². The number of pyridine rings is 2. The zero-order valence-corrected chi connectivity index (χ0v) is 11.1. The Balaban J connectivity index is 2.50. The molecule has 0 saturated heterocycles. The van der Waals surface area contributed by atoms with Crippen molar-refractivity contribution < 1.29 is 0 Å². The second-order valence-electron chi connectivity index (χ2n) is 4.36. The van der Waals surface area contributed by atoms with Gasteiger partial charge >= 0.3 is 0 Å². The molecule has 0 atom stereocenters. The maximum atomic E-state index is 7.82. The smallest absolute Gasteiger partial charge is 0.133 e. The lowest BCUT2D eigenvalue weighted by molar-refractivity contribution is 1.18. The molecule has 0 aliphatic rings. The van der Waals surface area contributed by atoms with Crippen LogP contribution in [-0.2, 0) is 0 Å². The molecule has 0 fully saturated rings. The Kier molecular flexibility index (Phi) is 3.46. The van der Waals surface area contributed by atoms with E-state index >= 15 is 0 Å². The first-order valence-corrected chi connectivity index (χ1v) is 6.09. The number of nitrogens with one attached hydrogen (secondary N) is 1. The number of anilines is 2. The summed E-state index contributed by atoms with van der Waals surface area (Å²) in [6, 6.07) is 5.50. The van der Waals surface area contributed by atoms with Crippen molar-refractivity contribution in [1.29, 1.82) is 5.41 Å². The van der Waals surface area contributed by atoms with Crippen molar-refractivity contribution in [3.63, 3.8) is 0 Å². The van der Waals surface area contributed by atoms with Crippen molar-refractivity contribution in [3.05, 3.63) is 35.7 Å². The van der Waals surface area contributed by atoms with Crippen molar-refractivity contribution >= 4 is 17.2 Å². The Labute approximate surface area is 112 Å². The molecular weight excluding hydrogens is 238 g/mol. The molecule has 0 unspecified atom stereocenters. The second-order valence-corrected chi connectivity index (χ2v) is 4.36. The molecular formula is C14H17N5. The lowest BCUT2D eigenvalue weighted by atomic mass is 10.1. The van der Waals surface area contributed by atoms with Gasteiger partial charge in [-0.2, -0.15) is 0 Å². The minimum absolute atomic E-state index is 0.367. The van der Waals surface area contributed by atoms with Crippen LogP contribution in [0.4, 0.5) is 11.5 Å². The summed E-state index contributed by atoms with van der Waals surface area (Å²) >= 11 is 0. The SMILES string of the molecule is CCC(=N)c1ccc(-c2cc(N)cnc2C)nc1N. The van der Waals surface area contributed by atoms with Gasteiger partial charge in [0.25, 0.3) is 0 Å². The number of rotatable bonds is 3. The molecule has 0 spiro atoms. The molecule has 0 aliphatic heterocycles. The average Bonchev–Trinajstić information content (AvgIpc) is 2.40. The van der Waals surface area contributed by atoms with Crippen molar-refractivity contribution in [2.75, 3.05) is 11.5 Å². The number of hydrogen-bond donors (Lipinski definition) is 3. The first-order valence-electron chi connectivity index (χ1n) is 6.09. The zero-order valence-electron chi connectivity index (χ0n) is 11.1. The van der Waals surface area contributed by atoms with Crippen LogP contribution in [0.3, 0.4) is 0 Å². The Morgan fingerprint density at radius 3 is 2.68 bits per heavy atom. The fraction of sp³-hybridized carbons (Fsp3) is 0.214. The number of nitrogen functional groups attached to an aromatic ring is 2. The van der Waals surface area contributed by atoms with Gasteiger partial charge in [-0.15, -0.1) is 0 Å². The molecule has 0 aromatic carbocycles. The number of nitrogens with zero attached hydrogens (tertiary/aromatic N) is 2. The predicted octanol–water partition coefficient (Wildman–Crippen LogP) is 2.39. The first-order chi connectivity index (χ1) is 9.02. The molecule has 0 amide bonds. The van der Waals surface area contributed by atoms with Crippen LogP contribution in [0.2, 0.25) is 0 Å². The van der Waals surface area contributed by atoms with Gasteiger partial charge in [0.15, 0.2) is 0 Å². The summed E-state index contributed by atoms with van der Waals surface area (Å²) in [5.74, 6) is 0.367. The van der Waals surface area contributed by atoms with E-state index in [1.165, 1.54) is 0 Å². The van der Waals surface area contributed by atoms with E-state index in [0.717, 1.165) is 17.0 Å². The minimum Gasteiger partial charge on any atom is -0.397 e. The highest BCUT2D eigenvalue weighted by Crippen LogP contribution is 2.24. The summed E-state index contributed by atoms with van der Waals surface area (Å²) in [7, 11) is 0. The molecule has 2 heterocycles. The first kappa shape index (κ1) is 13.0. The van der Waals surface area contributed by atoms with Crippen LogP contribution >= 0.6 is 0 Å². The molecule has 5 nitrogen and oxygen atoms in total. The van der Waals surface area contributed by atoms with Crippen LogP contribution in [0.25, 0.3) is 11.3 Å². The van der Waals surface area contributed by atoms with E-state index in [0.29, 0.717) is 29.2 Å². The van der Waals surface area contributed by atoms with Crippen molar-refractivity contribution in [2.45, 2.75) is 20.3 Å². The molecule has 2 aromatic heterocycles. The molecule has 19 heavy (non-hydrogen) atoms. The second kappa shape index (κ2) is 5.06. The van der Waals surface area contributed by atoms with Crippen LogP contribution < -0.4 is 11.5 Å². The predicted molar refractivity (Wildman–Crippen MR) is 78.1 cm³/mol. The molecule has 0 radical (unpaired) electrons. The summed E-state index contributed by atoms with van der Waals surface area (Å²) < 4.78 is 0. The third-order valence-corrected chi connectivity index (χ3v) is 2.99. The molecule has 0 aliphatic carbocycles. The van der Waals surface area contributed by atoms with Gasteiger partial charge < -0.3 is 16.9 Å². The molecule has 2 rings (SSSR count). The van der Waals surface area contributed by atoms with Crippen LogP contribution in [0, 0.1) is 12.3 Å². The third kappa shape index (κ3) is 2.54. The highest BCUT2D eigenvalue weighted by atomic mass is 14.9. The standard InChI is InChI=1S/C14H17N5/c1-3-12(16)10-4-5-13(19-14(10)17)11-6-9(15)7-18-8(11)2/h4-7,16H,3,15H2,1-2H3,(H2,17,19). The van der Waals surface area contributed by atoms with Crippen LogP contribution in [0.1, 0.15) is 24.6 Å². The van der Waals surface area contributed by atoms with E-state index in [9.17, 15) is 0 Å². The Hall–Kier alpha value is -2.43. The van der Waals surface area contributed by atoms with Crippen LogP contribution in [-0.4, -0.2) is 15.7 Å². The fourth-order valence-electron chi connectivity index (χ4n) is 1.88. The van der Waals surface area contributed by atoms with Gasteiger partial charge in [0.05, 0.1) is 17.6 Å². The van der Waals surface area contributed by atoms with Gasteiger partial charge in [0.2, 0.25) is 0 Å². The maximum Gasteiger partial charge on any atom is 0.133 e. The Bertz CT molecular complexity index is 634. The van der Waals surface area contributed by atoms with Crippen LogP contribution in [0.15, 0.2) is 24.4 Å². The molecule has 2 aromatic rings. The van der Waals surface area contributed by atoms with Crippen LogP contribution in [0.5, 0.6) is 0 Å². The van der Waals surface area contributed by atoms with E-state index in [1.807, 2.05) is 32.0 Å². The summed E-state index contributed by atoms with van der Waals surface area (Å²) in [5, 5.41) is 7.82. The molecule has 5 N–H and O–H groups in total. The summed E-state index contributed by atoms with van der Waals surface area (Å²) in [5.41, 5.74) is 15.9. The average molecular weight is 255 g/mol. The van der Waals surface area contributed by atoms with Gasteiger partial charge in [-0.1, -0.05) is 6.92 Å². The van der Waals surface area contributed by atoms with E-state index in [1.54, 1.807) is 6.20 Å². The quantitative estimate of drug-likeness (QED) is 0.733. The van der Waals surface area contributed by atoms with Crippen molar-refractivity contribution in [3.8, 4) is 11.3 Å². The minimum atomic E-state index is 0.367. The highest BCUT2D eigenvalue weighted by molar-refractivity contribution is 6.02.